The highest BCUT2D eigenvalue weighted by Crippen LogP contribution is 2.48. The summed E-state index contributed by atoms with van der Waals surface area (Å²) in [4.78, 5) is 0. The van der Waals surface area contributed by atoms with E-state index < -0.39 is 8.32 Å². The van der Waals surface area contributed by atoms with Gasteiger partial charge in [-0.2, -0.15) is 0 Å². The van der Waals surface area contributed by atoms with Crippen molar-refractivity contribution in [3.63, 3.8) is 0 Å². The summed E-state index contributed by atoms with van der Waals surface area (Å²) in [5.41, 5.74) is 2.77. The summed E-state index contributed by atoms with van der Waals surface area (Å²) in [5, 5.41) is 0.481. The molecule has 1 aliphatic carbocycles. The van der Waals surface area contributed by atoms with Gasteiger partial charge in [0.25, 0.3) is 0 Å². The molecule has 0 N–H and O–H groups in total. The summed E-state index contributed by atoms with van der Waals surface area (Å²) in [5.74, 6) is 1.64. The number of halogens is 1. The van der Waals surface area contributed by atoms with Crippen molar-refractivity contribution in [3.8, 4) is 0 Å². The SMILES string of the molecule is C=CC[C@@H]1C(c2ccc(C(CCCCC)O[Si](C)(C)C(C)(C)C)cc2)[C@H](C)C[C@H]1Cl. The van der Waals surface area contributed by atoms with Gasteiger partial charge in [-0.1, -0.05) is 84.2 Å². The van der Waals surface area contributed by atoms with Gasteiger partial charge in [-0.15, -0.1) is 18.2 Å². The second kappa shape index (κ2) is 10.8. The summed E-state index contributed by atoms with van der Waals surface area (Å²) in [7, 11) is -1.82. The van der Waals surface area contributed by atoms with E-state index in [1.807, 2.05) is 6.08 Å². The molecule has 1 aliphatic rings. The Balaban J connectivity index is 2.24. The predicted molar refractivity (Wildman–Crippen MR) is 136 cm³/mol. The lowest BCUT2D eigenvalue weighted by molar-refractivity contribution is 0.170. The molecule has 3 heteroatoms. The number of hydrogen-bond acceptors (Lipinski definition) is 1. The molecule has 0 amide bonds. The summed E-state index contributed by atoms with van der Waals surface area (Å²) in [6.07, 6.45) is 9.20. The van der Waals surface area contributed by atoms with Crippen molar-refractivity contribution in [3.05, 3.63) is 48.0 Å². The molecule has 0 saturated heterocycles. The second-order valence-electron chi connectivity index (χ2n) is 11.0. The Kier molecular flexibility index (Phi) is 9.28. The van der Waals surface area contributed by atoms with Crippen LogP contribution >= 0.6 is 11.6 Å². The van der Waals surface area contributed by atoms with Gasteiger partial charge in [0.1, 0.15) is 0 Å². The van der Waals surface area contributed by atoms with E-state index in [-0.39, 0.29) is 16.5 Å². The van der Waals surface area contributed by atoms with Gasteiger partial charge in [-0.3, -0.25) is 0 Å². The van der Waals surface area contributed by atoms with Crippen LogP contribution in [-0.2, 0) is 4.43 Å². The van der Waals surface area contributed by atoms with Gasteiger partial charge in [0.15, 0.2) is 8.32 Å². The fourth-order valence-corrected chi connectivity index (χ4v) is 6.58. The van der Waals surface area contributed by atoms with Gasteiger partial charge in [0.2, 0.25) is 0 Å². The van der Waals surface area contributed by atoms with E-state index >= 15 is 0 Å². The highest BCUT2D eigenvalue weighted by Gasteiger charge is 2.41. The minimum atomic E-state index is -1.82. The molecule has 1 fully saturated rings. The van der Waals surface area contributed by atoms with Gasteiger partial charge in [0, 0.05) is 5.38 Å². The molecule has 1 aromatic carbocycles. The van der Waals surface area contributed by atoms with Crippen LogP contribution in [0.4, 0.5) is 0 Å². The Labute approximate surface area is 192 Å². The van der Waals surface area contributed by atoms with Crippen LogP contribution in [0.15, 0.2) is 36.9 Å². The van der Waals surface area contributed by atoms with E-state index in [0.29, 0.717) is 17.8 Å². The van der Waals surface area contributed by atoms with Gasteiger partial charge in [-0.05, 0) is 66.3 Å². The van der Waals surface area contributed by atoms with Crippen molar-refractivity contribution >= 4 is 19.9 Å². The summed E-state index contributed by atoms with van der Waals surface area (Å²) < 4.78 is 6.90. The van der Waals surface area contributed by atoms with Crippen LogP contribution in [0.1, 0.15) is 96.3 Å². The summed E-state index contributed by atoms with van der Waals surface area (Å²) in [6, 6.07) is 9.36. The van der Waals surface area contributed by atoms with E-state index in [1.54, 1.807) is 0 Å². The van der Waals surface area contributed by atoms with Crippen LogP contribution in [0, 0.1) is 11.8 Å². The number of benzene rings is 1. The highest BCUT2D eigenvalue weighted by molar-refractivity contribution is 6.74. The Morgan fingerprint density at radius 3 is 2.37 bits per heavy atom. The first-order chi connectivity index (χ1) is 14.0. The highest BCUT2D eigenvalue weighted by atomic mass is 35.5. The molecule has 0 spiro atoms. The monoisotopic (exact) mass is 448 g/mol. The van der Waals surface area contributed by atoms with Crippen LogP contribution in [0.3, 0.4) is 0 Å². The summed E-state index contributed by atoms with van der Waals surface area (Å²) in [6.45, 7) is 20.3. The second-order valence-corrected chi connectivity index (χ2v) is 16.3. The molecule has 0 aromatic heterocycles. The minimum absolute atomic E-state index is 0.206. The lowest BCUT2D eigenvalue weighted by atomic mass is 9.82. The van der Waals surface area contributed by atoms with Gasteiger partial charge < -0.3 is 4.43 Å². The third kappa shape index (κ3) is 6.23. The van der Waals surface area contributed by atoms with Crippen LogP contribution in [0.2, 0.25) is 18.1 Å². The van der Waals surface area contributed by atoms with Crippen molar-refractivity contribution in [1.82, 2.24) is 0 Å². The smallest absolute Gasteiger partial charge is 0.192 e. The fourth-order valence-electron chi connectivity index (χ4n) is 4.72. The molecular weight excluding hydrogens is 404 g/mol. The molecule has 1 nitrogen and oxygen atoms in total. The van der Waals surface area contributed by atoms with E-state index in [4.69, 9.17) is 16.0 Å². The number of unbranched alkanes of at least 4 members (excludes halogenated alkanes) is 2. The third-order valence-electron chi connectivity index (χ3n) is 7.58. The van der Waals surface area contributed by atoms with Crippen LogP contribution in [0.25, 0.3) is 0 Å². The van der Waals surface area contributed by atoms with Gasteiger partial charge >= 0.3 is 0 Å². The largest absolute Gasteiger partial charge is 0.410 e. The molecule has 0 bridgehead atoms. The Morgan fingerprint density at radius 1 is 1.20 bits per heavy atom. The van der Waals surface area contributed by atoms with Crippen LogP contribution < -0.4 is 0 Å². The van der Waals surface area contributed by atoms with Crippen LogP contribution in [0.5, 0.6) is 0 Å². The Bertz CT molecular complexity index is 660. The summed E-state index contributed by atoms with van der Waals surface area (Å²) >= 11 is 6.70. The number of alkyl halides is 1. The number of allylic oxidation sites excluding steroid dienone is 1. The molecular formula is C27H45ClOSi. The Hall–Kier alpha value is -0.573. The van der Waals surface area contributed by atoms with Crippen molar-refractivity contribution in [1.29, 1.82) is 0 Å². The lowest BCUT2D eigenvalue weighted by Gasteiger charge is -2.39. The molecule has 0 radical (unpaired) electrons. The zero-order valence-corrected chi connectivity index (χ0v) is 22.3. The maximum Gasteiger partial charge on any atom is 0.192 e. The quantitative estimate of drug-likeness (QED) is 0.150. The molecule has 0 heterocycles. The third-order valence-corrected chi connectivity index (χ3v) is 12.6. The van der Waals surface area contributed by atoms with E-state index in [2.05, 4.69) is 78.6 Å². The molecule has 5 atom stereocenters. The zero-order valence-electron chi connectivity index (χ0n) is 20.5. The number of hydrogen-bond donors (Lipinski definition) is 0. The molecule has 2 rings (SSSR count). The number of rotatable bonds is 10. The van der Waals surface area contributed by atoms with Crippen molar-refractivity contribution in [2.24, 2.45) is 11.8 Å². The standard InChI is InChI=1S/C27H45ClOSi/c1-9-11-12-14-25(29-30(7,8)27(4,5)6)21-15-17-22(18-16-21)26-20(3)19-24(28)23(26)13-10-2/h10,15-18,20,23-26H,2,9,11-14,19H2,1,3-8H3/t20-,23+,24-,25?,26?/m1/s1. The normalized spacial score (nSPS) is 26.0. The average Bonchev–Trinajstić information content (AvgIpc) is 2.94. The van der Waals surface area contributed by atoms with Gasteiger partial charge in [0.05, 0.1) is 6.10 Å². The molecule has 30 heavy (non-hydrogen) atoms. The van der Waals surface area contributed by atoms with Crippen molar-refractivity contribution in [2.45, 2.75) is 109 Å². The van der Waals surface area contributed by atoms with Gasteiger partial charge in [-0.25, -0.2) is 0 Å². The first-order valence-electron chi connectivity index (χ1n) is 12.0. The van der Waals surface area contributed by atoms with E-state index in [0.717, 1.165) is 19.3 Å². The maximum atomic E-state index is 6.90. The Morgan fingerprint density at radius 2 is 1.83 bits per heavy atom. The molecule has 2 unspecified atom stereocenters. The zero-order chi connectivity index (χ0) is 22.5. The average molecular weight is 449 g/mol. The molecule has 1 aromatic rings. The molecule has 0 aliphatic heterocycles. The minimum Gasteiger partial charge on any atom is -0.410 e. The van der Waals surface area contributed by atoms with Crippen molar-refractivity contribution < 1.29 is 4.43 Å². The van der Waals surface area contributed by atoms with Crippen molar-refractivity contribution in [2.75, 3.05) is 0 Å². The topological polar surface area (TPSA) is 9.23 Å². The van der Waals surface area contributed by atoms with E-state index in [1.165, 1.54) is 30.4 Å². The molecule has 170 valence electrons. The molecule has 1 saturated carbocycles. The van der Waals surface area contributed by atoms with E-state index in [9.17, 15) is 0 Å². The first kappa shape index (κ1) is 25.7. The van der Waals surface area contributed by atoms with Crippen LogP contribution in [-0.4, -0.2) is 13.7 Å². The lowest BCUT2D eigenvalue weighted by Crippen LogP contribution is -2.41. The fraction of sp³-hybridized carbons (Fsp3) is 0.704. The first-order valence-corrected chi connectivity index (χ1v) is 15.4. The predicted octanol–water partition coefficient (Wildman–Crippen LogP) is 9.25. The maximum absolute atomic E-state index is 6.90.